The molecule has 4 rings (SSSR count). The van der Waals surface area contributed by atoms with Crippen LogP contribution in [0.3, 0.4) is 0 Å². The van der Waals surface area contributed by atoms with Gasteiger partial charge in [-0.15, -0.1) is 0 Å². The Labute approximate surface area is 201 Å². The molecule has 178 valence electrons. The zero-order valence-corrected chi connectivity index (χ0v) is 20.5. The van der Waals surface area contributed by atoms with E-state index in [9.17, 15) is 9.36 Å². The number of hydrogen-bond donors (Lipinski definition) is 4. The fourth-order valence-corrected chi connectivity index (χ4v) is 4.41. The van der Waals surface area contributed by atoms with Crippen molar-refractivity contribution in [3.05, 3.63) is 77.9 Å². The number of thiazole rings is 1. The molecule has 0 bridgehead atoms. The number of para-hydroxylation sites is 1. The SMILES string of the molecule is Cc1cccc2sc(NC(=O)c3cccc(OC(C)C)c3)nc12.O=P(O)(O)c1ccc(O)cc1. The number of nitrogens with zero attached hydrogens (tertiary/aromatic N) is 1. The molecule has 3 aromatic carbocycles. The maximum atomic E-state index is 12.4. The number of phenols is 1. The molecule has 0 radical (unpaired) electrons. The van der Waals surface area contributed by atoms with Gasteiger partial charge in [0.05, 0.1) is 21.6 Å². The summed E-state index contributed by atoms with van der Waals surface area (Å²) in [5, 5.41) is 12.2. The van der Waals surface area contributed by atoms with Gasteiger partial charge in [-0.2, -0.15) is 0 Å². The van der Waals surface area contributed by atoms with Gasteiger partial charge in [-0.1, -0.05) is 29.5 Å². The molecule has 0 aliphatic rings. The van der Waals surface area contributed by atoms with Gasteiger partial charge in [0.25, 0.3) is 5.91 Å². The van der Waals surface area contributed by atoms with E-state index in [0.29, 0.717) is 16.4 Å². The molecule has 1 heterocycles. The minimum absolute atomic E-state index is 0.0119. The van der Waals surface area contributed by atoms with Gasteiger partial charge < -0.3 is 19.6 Å². The number of carbonyl (C=O) groups is 1. The van der Waals surface area contributed by atoms with Crippen LogP contribution in [0.1, 0.15) is 29.8 Å². The summed E-state index contributed by atoms with van der Waals surface area (Å²) in [4.78, 5) is 34.1. The molecule has 0 aliphatic carbocycles. The van der Waals surface area contributed by atoms with Crippen LogP contribution in [-0.4, -0.2) is 31.9 Å². The number of aromatic hydroxyl groups is 1. The van der Waals surface area contributed by atoms with Gasteiger partial charge in [-0.25, -0.2) is 4.98 Å². The van der Waals surface area contributed by atoms with Gasteiger partial charge in [-0.05, 0) is 74.9 Å². The highest BCUT2D eigenvalue weighted by atomic mass is 32.1. The van der Waals surface area contributed by atoms with Crippen LogP contribution in [0.2, 0.25) is 0 Å². The highest BCUT2D eigenvalue weighted by Crippen LogP contribution is 2.33. The van der Waals surface area contributed by atoms with Gasteiger partial charge in [0.15, 0.2) is 5.13 Å². The lowest BCUT2D eigenvalue weighted by Gasteiger charge is -2.10. The monoisotopic (exact) mass is 500 g/mol. The van der Waals surface area contributed by atoms with E-state index in [4.69, 9.17) is 19.6 Å². The Morgan fingerprint density at radius 3 is 2.35 bits per heavy atom. The molecule has 8 nitrogen and oxygen atoms in total. The summed E-state index contributed by atoms with van der Waals surface area (Å²) in [5.74, 6) is 0.492. The third kappa shape index (κ3) is 6.88. The van der Waals surface area contributed by atoms with Crippen LogP contribution in [0.25, 0.3) is 10.2 Å². The van der Waals surface area contributed by atoms with Gasteiger partial charge in [0, 0.05) is 5.56 Å². The van der Waals surface area contributed by atoms with Gasteiger partial charge in [-0.3, -0.25) is 14.7 Å². The van der Waals surface area contributed by atoms with Crippen molar-refractivity contribution in [3.8, 4) is 11.5 Å². The maximum absolute atomic E-state index is 12.4. The second kappa shape index (κ2) is 10.8. The van der Waals surface area contributed by atoms with Crippen LogP contribution in [-0.2, 0) is 4.57 Å². The predicted molar refractivity (Wildman–Crippen MR) is 134 cm³/mol. The van der Waals surface area contributed by atoms with E-state index in [1.54, 1.807) is 12.1 Å². The van der Waals surface area contributed by atoms with E-state index < -0.39 is 7.60 Å². The van der Waals surface area contributed by atoms with Crippen molar-refractivity contribution >= 4 is 45.5 Å². The molecule has 10 heteroatoms. The second-order valence-electron chi connectivity index (χ2n) is 7.65. The van der Waals surface area contributed by atoms with E-state index in [-0.39, 0.29) is 23.1 Å². The largest absolute Gasteiger partial charge is 0.508 e. The molecule has 1 amide bonds. The number of aryl methyl sites for hydroxylation is 1. The topological polar surface area (TPSA) is 129 Å². The average molecular weight is 501 g/mol. The molecular formula is C24H25N2O6PS. The molecule has 34 heavy (non-hydrogen) atoms. The number of amides is 1. The zero-order chi connectivity index (χ0) is 24.9. The molecule has 4 N–H and O–H groups in total. The number of phenolic OH excluding ortho intramolecular Hbond substituents is 1. The fourth-order valence-electron chi connectivity index (χ4n) is 2.94. The summed E-state index contributed by atoms with van der Waals surface area (Å²) in [5.41, 5.74) is 2.59. The first kappa shape index (κ1) is 25.4. The van der Waals surface area contributed by atoms with E-state index in [0.717, 1.165) is 15.8 Å². The number of carbonyl (C=O) groups excluding carboxylic acids is 1. The van der Waals surface area contributed by atoms with E-state index >= 15 is 0 Å². The highest BCUT2D eigenvalue weighted by molar-refractivity contribution is 7.60. The first-order valence-corrected chi connectivity index (χ1v) is 12.7. The van der Waals surface area contributed by atoms with E-state index in [1.807, 2.05) is 51.1 Å². The number of ether oxygens (including phenoxy) is 1. The Balaban J connectivity index is 0.000000248. The highest BCUT2D eigenvalue weighted by Gasteiger charge is 2.15. The van der Waals surface area contributed by atoms with Crippen molar-refractivity contribution in [2.45, 2.75) is 26.9 Å². The Kier molecular flexibility index (Phi) is 8.06. The molecule has 0 saturated carbocycles. The Morgan fingerprint density at radius 1 is 1.06 bits per heavy atom. The summed E-state index contributed by atoms with van der Waals surface area (Å²) in [6, 6.07) is 18.0. The number of anilines is 1. The summed E-state index contributed by atoms with van der Waals surface area (Å²) in [6.07, 6.45) is 0.0700. The number of fused-ring (bicyclic) bond motifs is 1. The molecule has 0 fully saturated rings. The van der Waals surface area contributed by atoms with E-state index in [2.05, 4.69) is 10.3 Å². The average Bonchev–Trinajstić information content (AvgIpc) is 3.17. The minimum atomic E-state index is -4.15. The first-order chi connectivity index (χ1) is 16.0. The molecule has 1 aromatic heterocycles. The Morgan fingerprint density at radius 2 is 1.74 bits per heavy atom. The van der Waals surface area contributed by atoms with Crippen LogP contribution in [0, 0.1) is 6.92 Å². The normalized spacial score (nSPS) is 11.1. The number of hydrogen-bond acceptors (Lipinski definition) is 6. The number of benzene rings is 3. The molecule has 4 aromatic rings. The Bertz CT molecular complexity index is 1330. The van der Waals surface area contributed by atoms with E-state index in [1.165, 1.54) is 35.6 Å². The lowest BCUT2D eigenvalue weighted by Crippen LogP contribution is -2.12. The molecule has 0 unspecified atom stereocenters. The Hall–Kier alpha value is -3.23. The van der Waals surface area contributed by atoms with Gasteiger partial charge in [0.1, 0.15) is 11.5 Å². The van der Waals surface area contributed by atoms with Crippen molar-refractivity contribution < 1.29 is 29.0 Å². The second-order valence-corrected chi connectivity index (χ2v) is 10.3. The quantitative estimate of drug-likeness (QED) is 0.289. The summed E-state index contributed by atoms with van der Waals surface area (Å²) in [6.45, 7) is 5.92. The maximum Gasteiger partial charge on any atom is 0.356 e. The number of rotatable bonds is 5. The summed E-state index contributed by atoms with van der Waals surface area (Å²) in [7, 11) is -4.15. The van der Waals surface area contributed by atoms with Crippen molar-refractivity contribution in [3.63, 3.8) is 0 Å². The van der Waals surface area contributed by atoms with Crippen LogP contribution < -0.4 is 15.4 Å². The molecule has 0 atom stereocenters. The van der Waals surface area contributed by atoms with Crippen molar-refractivity contribution in [2.75, 3.05) is 5.32 Å². The fraction of sp³-hybridized carbons (Fsp3) is 0.167. The van der Waals surface area contributed by atoms with Crippen LogP contribution in [0.5, 0.6) is 11.5 Å². The zero-order valence-electron chi connectivity index (χ0n) is 18.8. The van der Waals surface area contributed by atoms with Crippen molar-refractivity contribution in [1.29, 1.82) is 0 Å². The lowest BCUT2D eigenvalue weighted by atomic mass is 10.2. The molecule has 0 spiro atoms. The number of aromatic nitrogens is 1. The van der Waals surface area contributed by atoms with Gasteiger partial charge >= 0.3 is 7.60 Å². The lowest BCUT2D eigenvalue weighted by molar-refractivity contribution is 0.102. The standard InChI is InChI=1S/C18H18N2O2S.C6H7O4P/c1-11(2)22-14-8-5-7-13(10-14)17(21)20-18-19-16-12(3)6-4-9-15(16)23-18;7-5-1-3-6(4-2-5)11(8,9)10/h4-11H,1-3H3,(H,19,20,21);1-4,7H,(H2,8,9,10). The van der Waals surface area contributed by atoms with Gasteiger partial charge in [0.2, 0.25) is 0 Å². The van der Waals surface area contributed by atoms with Crippen LogP contribution in [0.15, 0.2) is 66.7 Å². The first-order valence-electron chi connectivity index (χ1n) is 10.3. The third-order valence-electron chi connectivity index (χ3n) is 4.50. The molecule has 0 saturated heterocycles. The van der Waals surface area contributed by atoms with Crippen LogP contribution in [0.4, 0.5) is 5.13 Å². The molecule has 0 aliphatic heterocycles. The van der Waals surface area contributed by atoms with Crippen molar-refractivity contribution in [1.82, 2.24) is 4.98 Å². The van der Waals surface area contributed by atoms with Crippen molar-refractivity contribution in [2.24, 2.45) is 0 Å². The molecular weight excluding hydrogens is 475 g/mol. The minimum Gasteiger partial charge on any atom is -0.508 e. The smallest absolute Gasteiger partial charge is 0.356 e. The summed E-state index contributed by atoms with van der Waals surface area (Å²) < 4.78 is 17.2. The third-order valence-corrected chi connectivity index (χ3v) is 6.40. The number of nitrogens with one attached hydrogen (secondary N) is 1. The predicted octanol–water partition coefficient (Wildman–Crippen LogP) is 4.84. The summed E-state index contributed by atoms with van der Waals surface area (Å²) >= 11 is 1.47. The van der Waals surface area contributed by atoms with Crippen LogP contribution >= 0.6 is 18.9 Å².